The van der Waals surface area contributed by atoms with E-state index in [1.165, 1.54) is 12.1 Å². The number of ether oxygens (including phenoxy) is 2. The molecule has 136 valence electrons. The van der Waals surface area contributed by atoms with Gasteiger partial charge in [0.05, 0.1) is 5.69 Å². The van der Waals surface area contributed by atoms with Crippen LogP contribution in [0, 0.1) is 5.82 Å². The van der Waals surface area contributed by atoms with E-state index in [1.54, 1.807) is 30.3 Å². The summed E-state index contributed by atoms with van der Waals surface area (Å²) in [5.74, 6) is 0.925. The summed E-state index contributed by atoms with van der Waals surface area (Å²) >= 11 is 0. The zero-order chi connectivity index (χ0) is 18.6. The molecule has 0 fully saturated rings. The molecule has 1 aliphatic rings. The van der Waals surface area contributed by atoms with Crippen molar-refractivity contribution >= 4 is 17.4 Å². The van der Waals surface area contributed by atoms with E-state index in [1.807, 2.05) is 12.1 Å². The number of hydrogen-bond donors (Lipinski definition) is 2. The minimum atomic E-state index is -0.398. The maximum absolute atomic E-state index is 13.6. The highest BCUT2D eigenvalue weighted by molar-refractivity contribution is 5.92. The fourth-order valence-electron chi connectivity index (χ4n) is 2.54. The van der Waals surface area contributed by atoms with Crippen LogP contribution in [0.15, 0.2) is 54.6 Å². The number of fused-ring (bicyclic) bond motifs is 1. The van der Waals surface area contributed by atoms with Crippen LogP contribution in [0.1, 0.15) is 16.1 Å². The monoisotopic (exact) mass is 366 g/mol. The lowest BCUT2D eigenvalue weighted by Gasteiger charge is -2.07. The Bertz CT molecular complexity index is 979. The van der Waals surface area contributed by atoms with Gasteiger partial charge in [-0.3, -0.25) is 4.79 Å². The number of carbonyl (C=O) groups excluding carboxylic acids is 1. The molecule has 7 nitrogen and oxygen atoms in total. The lowest BCUT2D eigenvalue weighted by atomic mass is 10.2. The molecule has 1 amide bonds. The Balaban J connectivity index is 1.37. The van der Waals surface area contributed by atoms with Gasteiger partial charge in [-0.25, -0.2) is 4.39 Å². The molecule has 0 aliphatic carbocycles. The minimum absolute atomic E-state index is 0.162. The summed E-state index contributed by atoms with van der Waals surface area (Å²) < 4.78 is 24.2. The number of rotatable bonds is 5. The van der Waals surface area contributed by atoms with E-state index in [0.29, 0.717) is 23.9 Å². The van der Waals surface area contributed by atoms with Crippen LogP contribution in [0.2, 0.25) is 0 Å². The maximum atomic E-state index is 13.6. The Morgan fingerprint density at radius 1 is 1.04 bits per heavy atom. The Labute approximate surface area is 154 Å². The molecule has 8 heteroatoms. The SMILES string of the molecule is O=C(NCc1ccc2c(c1)OCO2)c1ccc(Nc2ccccc2F)nn1. The lowest BCUT2D eigenvalue weighted by Crippen LogP contribution is -2.24. The summed E-state index contributed by atoms with van der Waals surface area (Å²) in [5, 5.41) is 13.4. The topological polar surface area (TPSA) is 85.4 Å². The molecule has 0 unspecified atom stereocenters. The third kappa shape index (κ3) is 3.79. The standard InChI is InChI=1S/C19H15FN4O3/c20-13-3-1-2-4-14(13)22-18-8-6-15(23-24-18)19(25)21-10-12-5-7-16-17(9-12)27-11-26-16/h1-9H,10-11H2,(H,21,25)(H,22,24). The summed E-state index contributed by atoms with van der Waals surface area (Å²) in [5.41, 5.74) is 1.32. The predicted molar refractivity (Wildman–Crippen MR) is 95.4 cm³/mol. The van der Waals surface area contributed by atoms with E-state index in [0.717, 1.165) is 5.56 Å². The Morgan fingerprint density at radius 3 is 2.70 bits per heavy atom. The molecule has 0 saturated carbocycles. The highest BCUT2D eigenvalue weighted by atomic mass is 19.1. The summed E-state index contributed by atoms with van der Waals surface area (Å²) in [6.45, 7) is 0.514. The molecule has 0 spiro atoms. The van der Waals surface area contributed by atoms with Crippen molar-refractivity contribution in [1.82, 2.24) is 15.5 Å². The van der Waals surface area contributed by atoms with Gasteiger partial charge in [-0.2, -0.15) is 0 Å². The molecule has 0 bridgehead atoms. The van der Waals surface area contributed by atoms with Crippen LogP contribution in [0.5, 0.6) is 11.5 Å². The Kier molecular flexibility index (Phi) is 4.52. The average molecular weight is 366 g/mol. The summed E-state index contributed by atoms with van der Waals surface area (Å²) in [4.78, 5) is 12.2. The van der Waals surface area contributed by atoms with Gasteiger partial charge >= 0.3 is 0 Å². The molecule has 2 heterocycles. The molecule has 3 aromatic rings. The van der Waals surface area contributed by atoms with Crippen molar-refractivity contribution in [2.24, 2.45) is 0 Å². The van der Waals surface area contributed by atoms with Crippen molar-refractivity contribution in [3.8, 4) is 11.5 Å². The van der Waals surface area contributed by atoms with Gasteiger partial charge in [0.25, 0.3) is 5.91 Å². The number of carbonyl (C=O) groups is 1. The van der Waals surface area contributed by atoms with Gasteiger partial charge in [0, 0.05) is 6.54 Å². The number of hydrogen-bond acceptors (Lipinski definition) is 6. The fraction of sp³-hybridized carbons (Fsp3) is 0.105. The lowest BCUT2D eigenvalue weighted by molar-refractivity contribution is 0.0945. The van der Waals surface area contributed by atoms with Crippen LogP contribution in [0.25, 0.3) is 0 Å². The Hall–Kier alpha value is -3.68. The third-order valence-electron chi connectivity index (χ3n) is 3.92. The van der Waals surface area contributed by atoms with Crippen molar-refractivity contribution in [2.45, 2.75) is 6.54 Å². The van der Waals surface area contributed by atoms with Gasteiger partial charge in [0.1, 0.15) is 5.82 Å². The van der Waals surface area contributed by atoms with Gasteiger partial charge in [-0.05, 0) is 42.0 Å². The molecular weight excluding hydrogens is 351 g/mol. The normalized spacial score (nSPS) is 11.9. The molecule has 0 radical (unpaired) electrons. The van der Waals surface area contributed by atoms with Crippen molar-refractivity contribution in [3.63, 3.8) is 0 Å². The van der Waals surface area contributed by atoms with E-state index in [4.69, 9.17) is 9.47 Å². The molecule has 1 aliphatic heterocycles. The highest BCUT2D eigenvalue weighted by Crippen LogP contribution is 2.32. The van der Waals surface area contributed by atoms with Crippen LogP contribution in [0.3, 0.4) is 0 Å². The molecular formula is C19H15FN4O3. The van der Waals surface area contributed by atoms with Crippen LogP contribution in [-0.4, -0.2) is 22.9 Å². The van der Waals surface area contributed by atoms with Gasteiger partial charge in [0.15, 0.2) is 23.0 Å². The van der Waals surface area contributed by atoms with Gasteiger partial charge < -0.3 is 20.1 Å². The summed E-state index contributed by atoms with van der Waals surface area (Å²) in [6.07, 6.45) is 0. The first-order valence-electron chi connectivity index (χ1n) is 8.21. The van der Waals surface area contributed by atoms with Crippen LogP contribution in [0.4, 0.5) is 15.9 Å². The molecule has 0 saturated heterocycles. The van der Waals surface area contributed by atoms with Crippen LogP contribution in [-0.2, 0) is 6.54 Å². The third-order valence-corrected chi connectivity index (χ3v) is 3.92. The number of benzene rings is 2. The van der Waals surface area contributed by atoms with Gasteiger partial charge in [-0.15, -0.1) is 10.2 Å². The predicted octanol–water partition coefficient (Wildman–Crippen LogP) is 3.02. The number of anilines is 2. The number of nitrogens with one attached hydrogen (secondary N) is 2. The summed E-state index contributed by atoms with van der Waals surface area (Å²) in [7, 11) is 0. The van der Waals surface area contributed by atoms with E-state index >= 15 is 0 Å². The van der Waals surface area contributed by atoms with Crippen molar-refractivity contribution in [3.05, 3.63) is 71.7 Å². The second-order valence-corrected chi connectivity index (χ2v) is 5.78. The van der Waals surface area contributed by atoms with Crippen LogP contribution >= 0.6 is 0 Å². The van der Waals surface area contributed by atoms with E-state index in [2.05, 4.69) is 20.8 Å². The number of halogens is 1. The average Bonchev–Trinajstić information content (AvgIpc) is 3.16. The van der Waals surface area contributed by atoms with Crippen LogP contribution < -0.4 is 20.1 Å². The molecule has 0 atom stereocenters. The number of para-hydroxylation sites is 1. The Morgan fingerprint density at radius 2 is 1.89 bits per heavy atom. The summed E-state index contributed by atoms with van der Waals surface area (Å²) in [6, 6.07) is 14.8. The molecule has 27 heavy (non-hydrogen) atoms. The number of nitrogens with zero attached hydrogens (tertiary/aromatic N) is 2. The molecule has 2 aromatic carbocycles. The first-order chi connectivity index (χ1) is 13.2. The largest absolute Gasteiger partial charge is 0.454 e. The molecule has 2 N–H and O–H groups in total. The van der Waals surface area contributed by atoms with E-state index in [-0.39, 0.29) is 24.1 Å². The van der Waals surface area contributed by atoms with Crippen molar-refractivity contribution in [1.29, 1.82) is 0 Å². The zero-order valence-electron chi connectivity index (χ0n) is 14.1. The van der Waals surface area contributed by atoms with Crippen molar-refractivity contribution < 1.29 is 18.7 Å². The molecule has 4 rings (SSSR count). The van der Waals surface area contributed by atoms with Gasteiger partial charge in [0.2, 0.25) is 6.79 Å². The second kappa shape index (κ2) is 7.28. The fourth-order valence-corrected chi connectivity index (χ4v) is 2.54. The number of amides is 1. The minimum Gasteiger partial charge on any atom is -0.454 e. The zero-order valence-corrected chi connectivity index (χ0v) is 14.1. The maximum Gasteiger partial charge on any atom is 0.272 e. The second-order valence-electron chi connectivity index (χ2n) is 5.78. The molecule has 1 aromatic heterocycles. The smallest absolute Gasteiger partial charge is 0.272 e. The van der Waals surface area contributed by atoms with Crippen molar-refractivity contribution in [2.75, 3.05) is 12.1 Å². The van der Waals surface area contributed by atoms with E-state index < -0.39 is 5.82 Å². The highest BCUT2D eigenvalue weighted by Gasteiger charge is 2.14. The first-order valence-corrected chi connectivity index (χ1v) is 8.21. The number of aromatic nitrogens is 2. The van der Waals surface area contributed by atoms with Gasteiger partial charge in [-0.1, -0.05) is 18.2 Å². The quantitative estimate of drug-likeness (QED) is 0.722. The van der Waals surface area contributed by atoms with E-state index in [9.17, 15) is 9.18 Å². The first kappa shape index (κ1) is 16.8.